The summed E-state index contributed by atoms with van der Waals surface area (Å²) in [5.41, 5.74) is 4.43. The third-order valence-corrected chi connectivity index (χ3v) is 8.59. The monoisotopic (exact) mass is 476 g/mol. The average Bonchev–Trinajstić information content (AvgIpc) is 3.32. The minimum absolute atomic E-state index is 0.0172. The molecule has 7 nitrogen and oxygen atoms in total. The van der Waals surface area contributed by atoms with Crippen LogP contribution in [0.3, 0.4) is 0 Å². The Morgan fingerprint density at radius 1 is 1.09 bits per heavy atom. The first-order chi connectivity index (χ1) is 16.4. The Hall–Kier alpha value is -3.18. The Bertz CT molecular complexity index is 1270. The van der Waals surface area contributed by atoms with Crippen LogP contribution in [0, 0.1) is 25.2 Å². The molecule has 2 fully saturated rings. The number of barbiturate groups is 1. The molecule has 2 aliphatic carbocycles. The van der Waals surface area contributed by atoms with Crippen molar-refractivity contribution in [3.8, 4) is 11.1 Å². The number of hydrogen-bond donors (Lipinski definition) is 1. The molecule has 1 saturated carbocycles. The fourth-order valence-electron chi connectivity index (χ4n) is 5.57. The Kier molecular flexibility index (Phi) is 5.90. The zero-order valence-electron chi connectivity index (χ0n) is 19.6. The lowest BCUT2D eigenvalue weighted by Crippen LogP contribution is -2.58. The van der Waals surface area contributed by atoms with Crippen molar-refractivity contribution in [3.05, 3.63) is 44.6 Å². The maximum Gasteiger partial charge on any atom is 0.331 e. The number of nitriles is 1. The molecule has 176 valence electrons. The summed E-state index contributed by atoms with van der Waals surface area (Å²) in [7, 11) is 0. The molecule has 0 atom stereocenters. The number of rotatable bonds is 3. The molecule has 0 bridgehead atoms. The first-order valence-corrected chi connectivity index (χ1v) is 12.9. The van der Waals surface area contributed by atoms with E-state index in [9.17, 15) is 19.6 Å². The third-order valence-electron chi connectivity index (χ3n) is 7.31. The van der Waals surface area contributed by atoms with Crippen LogP contribution >= 0.6 is 11.3 Å². The van der Waals surface area contributed by atoms with Crippen molar-refractivity contribution in [1.29, 1.82) is 5.26 Å². The Morgan fingerprint density at radius 2 is 1.82 bits per heavy atom. The first kappa shape index (κ1) is 22.6. The summed E-state index contributed by atoms with van der Waals surface area (Å²) < 4.78 is 2.06. The summed E-state index contributed by atoms with van der Waals surface area (Å²) in [6.45, 7) is 3.91. The number of thiophene rings is 1. The van der Waals surface area contributed by atoms with Gasteiger partial charge in [-0.15, -0.1) is 11.3 Å². The van der Waals surface area contributed by atoms with Crippen molar-refractivity contribution < 1.29 is 14.4 Å². The molecule has 2 aromatic heterocycles. The summed E-state index contributed by atoms with van der Waals surface area (Å²) in [6, 6.07) is 3.57. The summed E-state index contributed by atoms with van der Waals surface area (Å²) >= 11 is 1.67. The van der Waals surface area contributed by atoms with E-state index in [1.807, 2.05) is 19.9 Å². The second-order valence-corrected chi connectivity index (χ2v) is 10.5. The van der Waals surface area contributed by atoms with Gasteiger partial charge in [-0.2, -0.15) is 5.26 Å². The molecule has 3 heterocycles. The van der Waals surface area contributed by atoms with E-state index in [-0.39, 0.29) is 11.6 Å². The highest BCUT2D eigenvalue weighted by Gasteiger charge is 2.40. The van der Waals surface area contributed by atoms with Crippen molar-refractivity contribution in [2.45, 2.75) is 77.7 Å². The smallest absolute Gasteiger partial charge is 0.308 e. The number of aromatic nitrogens is 1. The highest BCUT2D eigenvalue weighted by atomic mass is 32.1. The lowest BCUT2D eigenvalue weighted by Gasteiger charge is -2.35. The minimum Gasteiger partial charge on any atom is -0.308 e. The maximum absolute atomic E-state index is 13.3. The average molecular weight is 477 g/mol. The van der Waals surface area contributed by atoms with Gasteiger partial charge in [-0.3, -0.25) is 19.8 Å². The van der Waals surface area contributed by atoms with Gasteiger partial charge in [-0.1, -0.05) is 19.3 Å². The van der Waals surface area contributed by atoms with E-state index < -0.39 is 17.8 Å². The van der Waals surface area contributed by atoms with Crippen LogP contribution in [-0.2, 0) is 22.4 Å². The number of fused-ring (bicyclic) bond motifs is 1. The van der Waals surface area contributed by atoms with E-state index in [4.69, 9.17) is 0 Å². The Balaban J connectivity index is 1.54. The van der Waals surface area contributed by atoms with Gasteiger partial charge in [0, 0.05) is 22.3 Å². The number of amides is 4. The highest BCUT2D eigenvalue weighted by molar-refractivity contribution is 7.15. The molecule has 0 radical (unpaired) electrons. The lowest BCUT2D eigenvalue weighted by atomic mass is 9.93. The van der Waals surface area contributed by atoms with E-state index in [0.29, 0.717) is 0 Å². The van der Waals surface area contributed by atoms with E-state index >= 15 is 0 Å². The van der Waals surface area contributed by atoms with Gasteiger partial charge in [-0.05, 0) is 75.6 Å². The number of hydrogen-bond acceptors (Lipinski definition) is 5. The zero-order valence-corrected chi connectivity index (χ0v) is 20.4. The second kappa shape index (κ2) is 8.88. The van der Waals surface area contributed by atoms with Gasteiger partial charge in [-0.25, -0.2) is 4.79 Å². The van der Waals surface area contributed by atoms with Crippen molar-refractivity contribution in [3.63, 3.8) is 0 Å². The largest absolute Gasteiger partial charge is 0.331 e. The Morgan fingerprint density at radius 3 is 2.56 bits per heavy atom. The summed E-state index contributed by atoms with van der Waals surface area (Å²) in [5.74, 6) is -1.18. The van der Waals surface area contributed by atoms with Crippen LogP contribution in [0.4, 0.5) is 4.79 Å². The molecular weight excluding hydrogens is 448 g/mol. The van der Waals surface area contributed by atoms with Gasteiger partial charge in [0.05, 0.1) is 5.56 Å². The van der Waals surface area contributed by atoms with E-state index in [0.717, 1.165) is 85.3 Å². The van der Waals surface area contributed by atoms with Crippen LogP contribution in [0.15, 0.2) is 11.6 Å². The number of imide groups is 2. The molecule has 1 aliphatic heterocycles. The Labute approximate surface area is 203 Å². The molecule has 5 rings (SSSR count). The predicted octanol–water partition coefficient (Wildman–Crippen LogP) is 4.70. The maximum atomic E-state index is 13.3. The second-order valence-electron chi connectivity index (χ2n) is 9.45. The van der Waals surface area contributed by atoms with Crippen LogP contribution < -0.4 is 5.32 Å². The molecule has 4 amide bonds. The summed E-state index contributed by atoms with van der Waals surface area (Å²) in [5, 5.41) is 13.2. The highest BCUT2D eigenvalue weighted by Crippen LogP contribution is 2.38. The fourth-order valence-corrected chi connectivity index (χ4v) is 7.02. The molecule has 1 N–H and O–H groups in total. The van der Waals surface area contributed by atoms with E-state index in [1.54, 1.807) is 17.4 Å². The lowest BCUT2D eigenvalue weighted by molar-refractivity contribution is -0.132. The van der Waals surface area contributed by atoms with Crippen LogP contribution in [0.5, 0.6) is 0 Å². The van der Waals surface area contributed by atoms with E-state index in [2.05, 4.69) is 16.0 Å². The number of nitrogens with one attached hydrogen (secondary N) is 1. The van der Waals surface area contributed by atoms with Crippen molar-refractivity contribution in [2.75, 3.05) is 0 Å². The standard InChI is InChI=1S/C26H28N4O3S/c1-15-12-17(16(2)29(15)25-21(14-27)19-10-6-7-11-22(19)34-25)13-20-23(31)28-26(33)30(24(20)32)18-8-4-3-5-9-18/h12-13,18H,3-11H2,1-2H3,(H,28,31,33)/b20-13+. The molecule has 1 saturated heterocycles. The van der Waals surface area contributed by atoms with Gasteiger partial charge >= 0.3 is 6.03 Å². The van der Waals surface area contributed by atoms with Crippen LogP contribution in [0.1, 0.15) is 77.9 Å². The first-order valence-electron chi connectivity index (χ1n) is 12.0. The predicted molar refractivity (Wildman–Crippen MR) is 130 cm³/mol. The number of aryl methyl sites for hydroxylation is 2. The molecule has 0 aromatic carbocycles. The SMILES string of the molecule is Cc1cc(/C=C2\C(=O)NC(=O)N(C3CCCCC3)C2=O)c(C)n1-c1sc2c(c1C#N)CCCC2. The molecule has 0 unspecified atom stereocenters. The molecule has 8 heteroatoms. The van der Waals surface area contributed by atoms with Gasteiger partial charge in [0.1, 0.15) is 16.6 Å². The van der Waals surface area contributed by atoms with Crippen LogP contribution in [0.25, 0.3) is 11.1 Å². The molecule has 34 heavy (non-hydrogen) atoms. The van der Waals surface area contributed by atoms with Crippen molar-refractivity contribution in [1.82, 2.24) is 14.8 Å². The van der Waals surface area contributed by atoms with Gasteiger partial charge < -0.3 is 4.57 Å². The zero-order chi connectivity index (χ0) is 24.0. The number of urea groups is 1. The van der Waals surface area contributed by atoms with E-state index in [1.165, 1.54) is 15.3 Å². The van der Waals surface area contributed by atoms with Crippen LogP contribution in [0.2, 0.25) is 0 Å². The third kappa shape index (κ3) is 3.68. The number of nitrogens with zero attached hydrogens (tertiary/aromatic N) is 3. The minimum atomic E-state index is -0.656. The van der Waals surface area contributed by atoms with Crippen molar-refractivity contribution in [2.24, 2.45) is 0 Å². The van der Waals surface area contributed by atoms with Gasteiger partial charge in [0.2, 0.25) is 0 Å². The molecule has 2 aromatic rings. The molecule has 3 aliphatic rings. The fraction of sp³-hybridized carbons (Fsp3) is 0.462. The number of carbonyl (C=O) groups excluding carboxylic acids is 3. The van der Waals surface area contributed by atoms with Crippen LogP contribution in [-0.4, -0.2) is 33.4 Å². The summed E-state index contributed by atoms with van der Waals surface area (Å²) in [6.07, 6.45) is 10.4. The summed E-state index contributed by atoms with van der Waals surface area (Å²) in [4.78, 5) is 41.0. The van der Waals surface area contributed by atoms with Gasteiger partial charge in [0.15, 0.2) is 0 Å². The normalized spacial score (nSPS) is 20.4. The number of carbonyl (C=O) groups is 3. The molecule has 0 spiro atoms. The van der Waals surface area contributed by atoms with Crippen molar-refractivity contribution >= 4 is 35.3 Å². The van der Waals surface area contributed by atoms with Gasteiger partial charge in [0.25, 0.3) is 11.8 Å². The quantitative estimate of drug-likeness (QED) is 0.513. The molecular formula is C26H28N4O3S. The topological polar surface area (TPSA) is 95.2 Å².